The lowest BCUT2D eigenvalue weighted by atomic mass is 10.1. The van der Waals surface area contributed by atoms with Crippen molar-refractivity contribution in [1.29, 1.82) is 0 Å². The van der Waals surface area contributed by atoms with E-state index in [2.05, 4.69) is 21.6 Å². The molecule has 2 fully saturated rings. The van der Waals surface area contributed by atoms with Crippen LogP contribution in [-0.4, -0.2) is 44.8 Å². The second-order valence-electron chi connectivity index (χ2n) is 6.38. The highest BCUT2D eigenvalue weighted by Gasteiger charge is 2.17. The molecule has 1 amide bonds. The van der Waals surface area contributed by atoms with Crippen molar-refractivity contribution in [3.05, 3.63) is 24.3 Å². The van der Waals surface area contributed by atoms with E-state index in [1.54, 1.807) is 0 Å². The fraction of sp³-hybridized carbons (Fsp3) is 0.611. The minimum absolute atomic E-state index is 0.00690. The van der Waals surface area contributed by atoms with Crippen LogP contribution in [0.1, 0.15) is 32.1 Å². The van der Waals surface area contributed by atoms with Crippen molar-refractivity contribution in [3.63, 3.8) is 0 Å². The number of anilines is 2. The number of nitrogens with one attached hydrogen (secondary N) is 2. The first-order valence-corrected chi connectivity index (χ1v) is 8.79. The third-order valence-electron chi connectivity index (χ3n) is 4.56. The molecule has 1 unspecified atom stereocenters. The molecular formula is C18H27N3O2. The number of piperidine rings is 1. The molecule has 5 heteroatoms. The number of hydrogen-bond donors (Lipinski definition) is 2. The van der Waals surface area contributed by atoms with Crippen LogP contribution in [0.2, 0.25) is 0 Å². The molecule has 1 aromatic carbocycles. The highest BCUT2D eigenvalue weighted by Crippen LogP contribution is 2.28. The molecule has 2 saturated heterocycles. The fourth-order valence-electron chi connectivity index (χ4n) is 3.34. The molecule has 0 bridgehead atoms. The molecule has 2 aliphatic heterocycles. The number of nitrogens with zero attached hydrogens (tertiary/aromatic N) is 1. The largest absolute Gasteiger partial charge is 0.377 e. The van der Waals surface area contributed by atoms with Gasteiger partial charge in [0.2, 0.25) is 5.91 Å². The zero-order valence-electron chi connectivity index (χ0n) is 13.7. The van der Waals surface area contributed by atoms with Gasteiger partial charge in [-0.1, -0.05) is 12.1 Å². The number of carbonyl (C=O) groups is 1. The van der Waals surface area contributed by atoms with Crippen molar-refractivity contribution in [1.82, 2.24) is 5.32 Å². The van der Waals surface area contributed by atoms with Gasteiger partial charge in [-0.2, -0.15) is 0 Å². The van der Waals surface area contributed by atoms with E-state index in [9.17, 15) is 4.79 Å². The Labute approximate surface area is 138 Å². The molecule has 1 atom stereocenters. The van der Waals surface area contributed by atoms with Crippen LogP contribution in [0.15, 0.2) is 24.3 Å². The van der Waals surface area contributed by atoms with Crippen molar-refractivity contribution in [2.45, 2.75) is 38.2 Å². The molecule has 5 nitrogen and oxygen atoms in total. The standard InChI is InChI=1S/C18H27N3O2/c22-18(14-19-13-15-7-6-12-23-15)20-16-8-2-3-9-17(16)21-10-4-1-5-11-21/h2-3,8-9,15,19H,1,4-7,10-14H2,(H,20,22). The van der Waals surface area contributed by atoms with Crippen molar-refractivity contribution in [2.24, 2.45) is 0 Å². The van der Waals surface area contributed by atoms with Crippen molar-refractivity contribution >= 4 is 17.3 Å². The third kappa shape index (κ3) is 4.69. The third-order valence-corrected chi connectivity index (χ3v) is 4.56. The summed E-state index contributed by atoms with van der Waals surface area (Å²) < 4.78 is 5.55. The Balaban J connectivity index is 1.51. The molecule has 0 aromatic heterocycles. The maximum Gasteiger partial charge on any atom is 0.238 e. The van der Waals surface area contributed by atoms with Crippen LogP contribution in [0.4, 0.5) is 11.4 Å². The Hall–Kier alpha value is -1.59. The molecule has 2 aliphatic rings. The first-order chi connectivity index (χ1) is 11.3. The molecule has 3 rings (SSSR count). The predicted molar refractivity (Wildman–Crippen MR) is 93.0 cm³/mol. The molecule has 2 N–H and O–H groups in total. The average Bonchev–Trinajstić information content (AvgIpc) is 3.09. The minimum Gasteiger partial charge on any atom is -0.377 e. The summed E-state index contributed by atoms with van der Waals surface area (Å²) in [6, 6.07) is 8.10. The maximum absolute atomic E-state index is 12.2. The topological polar surface area (TPSA) is 53.6 Å². The van der Waals surface area contributed by atoms with Crippen molar-refractivity contribution < 1.29 is 9.53 Å². The zero-order chi connectivity index (χ0) is 15.9. The van der Waals surface area contributed by atoms with Crippen LogP contribution in [0.3, 0.4) is 0 Å². The molecule has 1 aromatic rings. The fourth-order valence-corrected chi connectivity index (χ4v) is 3.34. The van der Waals surface area contributed by atoms with Crippen LogP contribution < -0.4 is 15.5 Å². The summed E-state index contributed by atoms with van der Waals surface area (Å²) in [5.74, 6) is 0.00690. The molecule has 0 saturated carbocycles. The number of para-hydroxylation sites is 2. The van der Waals surface area contributed by atoms with Crippen LogP contribution in [-0.2, 0) is 9.53 Å². The maximum atomic E-state index is 12.2. The van der Waals surface area contributed by atoms with E-state index in [0.29, 0.717) is 6.54 Å². The first-order valence-electron chi connectivity index (χ1n) is 8.79. The molecular weight excluding hydrogens is 290 g/mol. The van der Waals surface area contributed by atoms with Gasteiger partial charge in [0.1, 0.15) is 0 Å². The highest BCUT2D eigenvalue weighted by atomic mass is 16.5. The lowest BCUT2D eigenvalue weighted by Gasteiger charge is -2.30. The molecule has 2 heterocycles. The van der Waals surface area contributed by atoms with E-state index in [4.69, 9.17) is 4.74 Å². The van der Waals surface area contributed by atoms with E-state index in [1.807, 2.05) is 18.2 Å². The molecule has 0 spiro atoms. The number of hydrogen-bond acceptors (Lipinski definition) is 4. The van der Waals surface area contributed by atoms with Crippen LogP contribution in [0.25, 0.3) is 0 Å². The van der Waals surface area contributed by atoms with E-state index in [-0.39, 0.29) is 12.0 Å². The quantitative estimate of drug-likeness (QED) is 0.846. The van der Waals surface area contributed by atoms with Gasteiger partial charge in [0.25, 0.3) is 0 Å². The Bertz CT molecular complexity index is 509. The Morgan fingerprint density at radius 3 is 2.78 bits per heavy atom. The molecule has 126 valence electrons. The summed E-state index contributed by atoms with van der Waals surface area (Å²) >= 11 is 0. The lowest BCUT2D eigenvalue weighted by molar-refractivity contribution is -0.115. The van der Waals surface area contributed by atoms with E-state index < -0.39 is 0 Å². The summed E-state index contributed by atoms with van der Waals surface area (Å²) in [6.07, 6.45) is 6.24. The summed E-state index contributed by atoms with van der Waals surface area (Å²) in [5.41, 5.74) is 2.05. The van der Waals surface area contributed by atoms with E-state index in [0.717, 1.165) is 50.5 Å². The van der Waals surface area contributed by atoms with Crippen molar-refractivity contribution in [2.75, 3.05) is 43.0 Å². The van der Waals surface area contributed by atoms with Gasteiger partial charge < -0.3 is 20.3 Å². The number of benzene rings is 1. The number of amides is 1. The summed E-state index contributed by atoms with van der Waals surface area (Å²) in [6.45, 7) is 4.07. The molecule has 0 radical (unpaired) electrons. The SMILES string of the molecule is O=C(CNCC1CCCO1)Nc1ccccc1N1CCCCC1. The normalized spacial score (nSPS) is 21.4. The predicted octanol–water partition coefficient (Wildman–Crippen LogP) is 2.38. The van der Waals surface area contributed by atoms with Gasteiger partial charge in [-0.15, -0.1) is 0 Å². The van der Waals surface area contributed by atoms with Gasteiger partial charge in [-0.05, 0) is 44.2 Å². The Morgan fingerprint density at radius 2 is 2.00 bits per heavy atom. The van der Waals surface area contributed by atoms with Crippen molar-refractivity contribution in [3.8, 4) is 0 Å². The van der Waals surface area contributed by atoms with E-state index in [1.165, 1.54) is 19.3 Å². The van der Waals surface area contributed by atoms with Crippen LogP contribution >= 0.6 is 0 Å². The van der Waals surface area contributed by atoms with Gasteiger partial charge in [0, 0.05) is 26.2 Å². The van der Waals surface area contributed by atoms with Gasteiger partial charge in [0.05, 0.1) is 24.0 Å². The summed E-state index contributed by atoms with van der Waals surface area (Å²) in [5, 5.41) is 6.25. The molecule has 0 aliphatic carbocycles. The Morgan fingerprint density at radius 1 is 1.17 bits per heavy atom. The highest BCUT2D eigenvalue weighted by molar-refractivity contribution is 5.95. The summed E-state index contributed by atoms with van der Waals surface area (Å²) in [7, 11) is 0. The van der Waals surface area contributed by atoms with E-state index >= 15 is 0 Å². The van der Waals surface area contributed by atoms with Gasteiger partial charge >= 0.3 is 0 Å². The first kappa shape index (κ1) is 16.3. The second kappa shape index (κ2) is 8.31. The van der Waals surface area contributed by atoms with Crippen LogP contribution in [0.5, 0.6) is 0 Å². The van der Waals surface area contributed by atoms with Gasteiger partial charge in [-0.3, -0.25) is 4.79 Å². The Kier molecular flexibility index (Phi) is 5.88. The number of carbonyl (C=O) groups excluding carboxylic acids is 1. The zero-order valence-corrected chi connectivity index (χ0v) is 13.7. The number of rotatable bonds is 6. The average molecular weight is 317 g/mol. The monoisotopic (exact) mass is 317 g/mol. The van der Waals surface area contributed by atoms with Gasteiger partial charge in [-0.25, -0.2) is 0 Å². The smallest absolute Gasteiger partial charge is 0.238 e. The lowest BCUT2D eigenvalue weighted by Crippen LogP contribution is -2.34. The second-order valence-corrected chi connectivity index (χ2v) is 6.38. The molecule has 23 heavy (non-hydrogen) atoms. The van der Waals surface area contributed by atoms with Gasteiger partial charge in [0.15, 0.2) is 0 Å². The van der Waals surface area contributed by atoms with Crippen LogP contribution in [0, 0.1) is 0 Å². The number of ether oxygens (including phenoxy) is 1. The minimum atomic E-state index is 0.00690. The summed E-state index contributed by atoms with van der Waals surface area (Å²) in [4.78, 5) is 14.6.